The van der Waals surface area contributed by atoms with E-state index in [1.807, 2.05) is 0 Å². The summed E-state index contributed by atoms with van der Waals surface area (Å²) < 4.78 is 0. The van der Waals surface area contributed by atoms with Gasteiger partial charge in [0.25, 0.3) is 5.69 Å². The number of aryl methyl sites for hydroxylation is 1. The molecule has 0 aliphatic heterocycles. The highest BCUT2D eigenvalue weighted by Gasteiger charge is 2.15. The molecular weight excluding hydrogens is 264 g/mol. The van der Waals surface area contributed by atoms with E-state index < -0.39 is 10.9 Å². The van der Waals surface area contributed by atoms with Crippen LogP contribution in [0.25, 0.3) is 11.4 Å². The van der Waals surface area contributed by atoms with Gasteiger partial charge < -0.3 is 10.8 Å². The third kappa shape index (κ3) is 2.39. The fourth-order valence-corrected chi connectivity index (χ4v) is 1.65. The van der Waals surface area contributed by atoms with Crippen molar-refractivity contribution in [2.24, 2.45) is 0 Å². The van der Waals surface area contributed by atoms with E-state index >= 15 is 0 Å². The van der Waals surface area contributed by atoms with Crippen molar-refractivity contribution in [2.45, 2.75) is 6.92 Å². The van der Waals surface area contributed by atoms with Gasteiger partial charge >= 0.3 is 5.97 Å². The largest absolute Gasteiger partial charge is 0.477 e. The first-order valence-corrected chi connectivity index (χ1v) is 5.51. The van der Waals surface area contributed by atoms with Crippen molar-refractivity contribution in [3.63, 3.8) is 0 Å². The first-order chi connectivity index (χ1) is 9.40. The molecule has 0 fully saturated rings. The van der Waals surface area contributed by atoms with Crippen molar-refractivity contribution in [3.05, 3.63) is 45.6 Å². The Morgan fingerprint density at radius 1 is 1.45 bits per heavy atom. The first kappa shape index (κ1) is 13.4. The van der Waals surface area contributed by atoms with Crippen LogP contribution in [-0.2, 0) is 0 Å². The van der Waals surface area contributed by atoms with Crippen LogP contribution in [0.2, 0.25) is 0 Å². The molecule has 1 aromatic carbocycles. The van der Waals surface area contributed by atoms with Gasteiger partial charge in [0.15, 0.2) is 5.82 Å². The Kier molecular flexibility index (Phi) is 3.30. The number of nitro benzene ring substituents is 1. The zero-order valence-electron chi connectivity index (χ0n) is 10.4. The number of aromatic nitrogens is 2. The Hall–Kier alpha value is -3.03. The number of carboxylic acids is 1. The lowest BCUT2D eigenvalue weighted by molar-refractivity contribution is -0.384. The second-order valence-corrected chi connectivity index (χ2v) is 4.05. The van der Waals surface area contributed by atoms with Crippen molar-refractivity contribution >= 4 is 17.5 Å². The van der Waals surface area contributed by atoms with E-state index in [-0.39, 0.29) is 22.9 Å². The Morgan fingerprint density at radius 2 is 2.15 bits per heavy atom. The van der Waals surface area contributed by atoms with Gasteiger partial charge in [0.1, 0.15) is 11.4 Å². The molecule has 0 bridgehead atoms. The zero-order chi connectivity index (χ0) is 14.9. The van der Waals surface area contributed by atoms with Crippen LogP contribution >= 0.6 is 0 Å². The van der Waals surface area contributed by atoms with Crippen LogP contribution in [0.15, 0.2) is 24.4 Å². The van der Waals surface area contributed by atoms with Crippen molar-refractivity contribution < 1.29 is 14.8 Å². The number of carboxylic acid groups (broad SMARTS) is 1. The standard InChI is InChI=1S/C12H10N4O4/c1-6-2-3-7(16(19)20)4-8(6)11-14-5-9(12(17)18)10(13)15-11/h2-5H,1H3,(H,17,18)(H2,13,14,15). The summed E-state index contributed by atoms with van der Waals surface area (Å²) in [6, 6.07) is 4.26. The van der Waals surface area contributed by atoms with Crippen molar-refractivity contribution in [3.8, 4) is 11.4 Å². The third-order valence-corrected chi connectivity index (χ3v) is 2.72. The highest BCUT2D eigenvalue weighted by molar-refractivity contribution is 5.92. The van der Waals surface area contributed by atoms with Gasteiger partial charge in [-0.05, 0) is 12.5 Å². The molecule has 0 saturated heterocycles. The van der Waals surface area contributed by atoms with Crippen molar-refractivity contribution in [1.29, 1.82) is 0 Å². The van der Waals surface area contributed by atoms with E-state index in [0.29, 0.717) is 5.56 Å². The Balaban J connectivity index is 2.56. The Labute approximate surface area is 113 Å². The fraction of sp³-hybridized carbons (Fsp3) is 0.0833. The molecule has 0 saturated carbocycles. The minimum atomic E-state index is -1.23. The molecule has 1 heterocycles. The molecule has 0 atom stereocenters. The molecule has 0 aliphatic carbocycles. The average molecular weight is 274 g/mol. The van der Waals surface area contributed by atoms with Crippen LogP contribution < -0.4 is 5.73 Å². The van der Waals surface area contributed by atoms with Crippen LogP contribution in [0.5, 0.6) is 0 Å². The molecule has 0 unspecified atom stereocenters. The number of anilines is 1. The Morgan fingerprint density at radius 3 is 2.70 bits per heavy atom. The lowest BCUT2D eigenvalue weighted by Crippen LogP contribution is -2.07. The number of hydrogen-bond acceptors (Lipinski definition) is 6. The number of carbonyl (C=O) groups is 1. The molecule has 20 heavy (non-hydrogen) atoms. The summed E-state index contributed by atoms with van der Waals surface area (Å²) >= 11 is 0. The minimum Gasteiger partial charge on any atom is -0.477 e. The number of nitrogen functional groups attached to an aromatic ring is 1. The Bertz CT molecular complexity index is 715. The maximum atomic E-state index is 10.8. The number of hydrogen-bond donors (Lipinski definition) is 2. The number of benzene rings is 1. The molecule has 0 spiro atoms. The van der Waals surface area contributed by atoms with Gasteiger partial charge in [-0.15, -0.1) is 0 Å². The number of non-ortho nitro benzene ring substituents is 1. The van der Waals surface area contributed by atoms with E-state index in [2.05, 4.69) is 9.97 Å². The highest BCUT2D eigenvalue weighted by atomic mass is 16.6. The van der Waals surface area contributed by atoms with E-state index in [4.69, 9.17) is 10.8 Å². The summed E-state index contributed by atoms with van der Waals surface area (Å²) in [6.45, 7) is 1.74. The molecule has 1 aromatic heterocycles. The molecule has 2 aromatic rings. The van der Waals surface area contributed by atoms with Gasteiger partial charge in [0.05, 0.1) is 4.92 Å². The lowest BCUT2D eigenvalue weighted by atomic mass is 10.1. The van der Waals surface area contributed by atoms with E-state index in [9.17, 15) is 14.9 Å². The van der Waals surface area contributed by atoms with Crippen LogP contribution in [0.1, 0.15) is 15.9 Å². The number of nitro groups is 1. The van der Waals surface area contributed by atoms with E-state index in [1.54, 1.807) is 13.0 Å². The summed E-state index contributed by atoms with van der Waals surface area (Å²) in [5.41, 5.74) is 6.38. The minimum absolute atomic E-state index is 0.102. The fourth-order valence-electron chi connectivity index (χ4n) is 1.65. The maximum absolute atomic E-state index is 10.8. The van der Waals surface area contributed by atoms with Crippen molar-refractivity contribution in [1.82, 2.24) is 9.97 Å². The summed E-state index contributed by atoms with van der Waals surface area (Å²) in [7, 11) is 0. The van der Waals surface area contributed by atoms with Gasteiger partial charge in [-0.2, -0.15) is 0 Å². The molecule has 2 rings (SSSR count). The summed E-state index contributed by atoms with van der Waals surface area (Å²) in [5.74, 6) is -1.27. The van der Waals surface area contributed by atoms with Gasteiger partial charge in [-0.25, -0.2) is 14.8 Å². The van der Waals surface area contributed by atoms with Crippen molar-refractivity contribution in [2.75, 3.05) is 5.73 Å². The molecule has 8 nitrogen and oxygen atoms in total. The zero-order valence-corrected chi connectivity index (χ0v) is 10.4. The van der Waals surface area contributed by atoms with E-state index in [1.165, 1.54) is 12.1 Å². The number of rotatable bonds is 3. The van der Waals surface area contributed by atoms with Crippen LogP contribution in [0.4, 0.5) is 11.5 Å². The van der Waals surface area contributed by atoms with E-state index in [0.717, 1.165) is 11.8 Å². The topological polar surface area (TPSA) is 132 Å². The van der Waals surface area contributed by atoms with Crippen LogP contribution in [-0.4, -0.2) is 26.0 Å². The van der Waals surface area contributed by atoms with Crippen LogP contribution in [0.3, 0.4) is 0 Å². The van der Waals surface area contributed by atoms with Gasteiger partial charge in [0, 0.05) is 23.9 Å². The molecule has 0 radical (unpaired) electrons. The summed E-state index contributed by atoms with van der Waals surface area (Å²) in [6.07, 6.45) is 1.08. The molecule has 8 heteroatoms. The molecular formula is C12H10N4O4. The van der Waals surface area contributed by atoms with Gasteiger partial charge in [-0.1, -0.05) is 6.07 Å². The second-order valence-electron chi connectivity index (χ2n) is 4.05. The second kappa shape index (κ2) is 4.92. The monoisotopic (exact) mass is 274 g/mol. The average Bonchev–Trinajstić information content (AvgIpc) is 2.38. The summed E-state index contributed by atoms with van der Waals surface area (Å²) in [5, 5.41) is 19.6. The maximum Gasteiger partial charge on any atom is 0.341 e. The van der Waals surface area contributed by atoms with Gasteiger partial charge in [0.2, 0.25) is 0 Å². The lowest BCUT2D eigenvalue weighted by Gasteiger charge is -2.06. The van der Waals surface area contributed by atoms with Crippen LogP contribution in [0, 0.1) is 17.0 Å². The molecule has 3 N–H and O–H groups in total. The molecule has 0 aliphatic rings. The normalized spacial score (nSPS) is 10.2. The number of aromatic carboxylic acids is 1. The van der Waals surface area contributed by atoms with Gasteiger partial charge in [-0.3, -0.25) is 10.1 Å². The predicted octanol–water partition coefficient (Wildman–Crippen LogP) is 1.64. The molecule has 0 amide bonds. The smallest absolute Gasteiger partial charge is 0.341 e. The predicted molar refractivity (Wildman–Crippen MR) is 70.2 cm³/mol. The summed E-state index contributed by atoms with van der Waals surface area (Å²) in [4.78, 5) is 28.9. The SMILES string of the molecule is Cc1ccc([N+](=O)[O-])cc1-c1ncc(C(=O)O)c(N)n1. The first-order valence-electron chi connectivity index (χ1n) is 5.51. The third-order valence-electron chi connectivity index (χ3n) is 2.72. The highest BCUT2D eigenvalue weighted by Crippen LogP contribution is 2.25. The quantitative estimate of drug-likeness (QED) is 0.642. The molecule has 102 valence electrons. The number of nitrogens with zero attached hydrogens (tertiary/aromatic N) is 3. The number of nitrogens with two attached hydrogens (primary N) is 1.